The molecule has 1 rings (SSSR count). The Balaban J connectivity index is 0.00000121. The first kappa shape index (κ1) is 8.08. The zero-order chi connectivity index (χ0) is 8.27. The SMILES string of the molecule is CNc1ccc(C(C)O)cc1.[HH]. The zero-order valence-corrected chi connectivity index (χ0v) is 6.83. The average Bonchev–Trinajstić information content (AvgIpc) is 2.05. The number of anilines is 1. The number of hydrogen-bond acceptors (Lipinski definition) is 2. The molecule has 0 saturated carbocycles. The van der Waals surface area contributed by atoms with Gasteiger partial charge in [0.2, 0.25) is 0 Å². The summed E-state index contributed by atoms with van der Waals surface area (Å²) in [5.41, 5.74) is 2.01. The Morgan fingerprint density at radius 1 is 1.36 bits per heavy atom. The summed E-state index contributed by atoms with van der Waals surface area (Å²) >= 11 is 0. The molecule has 0 heterocycles. The molecule has 0 aliphatic carbocycles. The van der Waals surface area contributed by atoms with Crippen molar-refractivity contribution in [2.24, 2.45) is 0 Å². The lowest BCUT2D eigenvalue weighted by Crippen LogP contribution is -1.92. The first-order valence-electron chi connectivity index (χ1n) is 3.70. The van der Waals surface area contributed by atoms with Gasteiger partial charge in [-0.15, -0.1) is 0 Å². The average molecular weight is 153 g/mol. The third-order valence-corrected chi connectivity index (χ3v) is 1.68. The number of aliphatic hydroxyl groups is 1. The van der Waals surface area contributed by atoms with Gasteiger partial charge in [-0.3, -0.25) is 0 Å². The van der Waals surface area contributed by atoms with Crippen molar-refractivity contribution in [3.63, 3.8) is 0 Å². The van der Waals surface area contributed by atoms with Crippen molar-refractivity contribution in [2.45, 2.75) is 13.0 Å². The number of nitrogens with one attached hydrogen (secondary N) is 1. The van der Waals surface area contributed by atoms with Crippen LogP contribution in [0.25, 0.3) is 0 Å². The molecule has 1 aromatic rings. The highest BCUT2D eigenvalue weighted by atomic mass is 16.3. The molecule has 0 spiro atoms. The van der Waals surface area contributed by atoms with Crippen molar-refractivity contribution >= 4 is 5.69 Å². The lowest BCUT2D eigenvalue weighted by Gasteiger charge is -2.05. The van der Waals surface area contributed by atoms with Gasteiger partial charge in [-0.2, -0.15) is 0 Å². The molecule has 2 nitrogen and oxygen atoms in total. The monoisotopic (exact) mass is 153 g/mol. The fraction of sp³-hybridized carbons (Fsp3) is 0.333. The van der Waals surface area contributed by atoms with Gasteiger partial charge < -0.3 is 10.4 Å². The maximum atomic E-state index is 9.17. The van der Waals surface area contributed by atoms with Gasteiger partial charge in [0.25, 0.3) is 0 Å². The standard InChI is InChI=1S/C9H13NO.H2/c1-7(11)8-3-5-9(10-2)6-4-8;/h3-7,10-11H,1-2H3;1H. The number of aliphatic hydroxyl groups excluding tert-OH is 1. The maximum absolute atomic E-state index is 9.17. The van der Waals surface area contributed by atoms with Crippen LogP contribution in [0.15, 0.2) is 24.3 Å². The van der Waals surface area contributed by atoms with Gasteiger partial charge in [0.1, 0.15) is 0 Å². The Hall–Kier alpha value is -1.02. The second kappa shape index (κ2) is 3.39. The van der Waals surface area contributed by atoms with E-state index >= 15 is 0 Å². The van der Waals surface area contributed by atoms with Crippen molar-refractivity contribution in [3.8, 4) is 0 Å². The molecule has 1 aromatic carbocycles. The molecule has 2 N–H and O–H groups in total. The molecule has 0 amide bonds. The summed E-state index contributed by atoms with van der Waals surface area (Å²) in [6.07, 6.45) is -0.374. The third-order valence-electron chi connectivity index (χ3n) is 1.68. The summed E-state index contributed by atoms with van der Waals surface area (Å²) < 4.78 is 0. The molecule has 0 aliphatic heterocycles. The summed E-state index contributed by atoms with van der Waals surface area (Å²) in [5.74, 6) is 0. The van der Waals surface area contributed by atoms with E-state index in [0.717, 1.165) is 11.3 Å². The fourth-order valence-electron chi connectivity index (χ4n) is 0.928. The quantitative estimate of drug-likeness (QED) is 0.681. The van der Waals surface area contributed by atoms with Crippen LogP contribution < -0.4 is 5.32 Å². The number of hydrogen-bond donors (Lipinski definition) is 2. The maximum Gasteiger partial charge on any atom is 0.0761 e. The predicted octanol–water partition coefficient (Wildman–Crippen LogP) is 2.03. The Morgan fingerprint density at radius 2 is 1.91 bits per heavy atom. The summed E-state index contributed by atoms with van der Waals surface area (Å²) in [7, 11) is 1.87. The van der Waals surface area contributed by atoms with Crippen LogP contribution in [0.2, 0.25) is 0 Å². The molecule has 0 aliphatic rings. The van der Waals surface area contributed by atoms with Crippen LogP contribution >= 0.6 is 0 Å². The minimum atomic E-state index is -0.374. The van der Waals surface area contributed by atoms with Crippen LogP contribution in [-0.4, -0.2) is 12.2 Å². The van der Waals surface area contributed by atoms with Crippen LogP contribution in [-0.2, 0) is 0 Å². The van der Waals surface area contributed by atoms with Gasteiger partial charge in [-0.1, -0.05) is 12.1 Å². The van der Waals surface area contributed by atoms with Gasteiger partial charge in [0.15, 0.2) is 0 Å². The van der Waals surface area contributed by atoms with E-state index in [9.17, 15) is 0 Å². The number of benzene rings is 1. The van der Waals surface area contributed by atoms with E-state index < -0.39 is 0 Å². The first-order chi connectivity index (χ1) is 5.24. The summed E-state index contributed by atoms with van der Waals surface area (Å²) in [5, 5.41) is 12.2. The van der Waals surface area contributed by atoms with Gasteiger partial charge in [-0.25, -0.2) is 0 Å². The Kier molecular flexibility index (Phi) is 2.49. The molecule has 62 valence electrons. The van der Waals surface area contributed by atoms with E-state index in [-0.39, 0.29) is 7.53 Å². The smallest absolute Gasteiger partial charge is 0.0761 e. The van der Waals surface area contributed by atoms with Crippen LogP contribution in [0.4, 0.5) is 5.69 Å². The van der Waals surface area contributed by atoms with Crippen molar-refractivity contribution in [3.05, 3.63) is 29.8 Å². The van der Waals surface area contributed by atoms with Crippen molar-refractivity contribution in [1.82, 2.24) is 0 Å². The highest BCUT2D eigenvalue weighted by Gasteiger charge is 1.98. The van der Waals surface area contributed by atoms with Gasteiger partial charge in [0, 0.05) is 14.2 Å². The molecular formula is C9H15NO. The molecule has 1 unspecified atom stereocenters. The van der Waals surface area contributed by atoms with Crippen LogP contribution in [0.3, 0.4) is 0 Å². The van der Waals surface area contributed by atoms with Crippen LogP contribution in [0.1, 0.15) is 20.0 Å². The largest absolute Gasteiger partial charge is 0.389 e. The van der Waals surface area contributed by atoms with E-state index in [1.54, 1.807) is 6.92 Å². The highest BCUT2D eigenvalue weighted by Crippen LogP contribution is 2.14. The molecule has 0 saturated heterocycles. The predicted molar refractivity (Wildman–Crippen MR) is 48.7 cm³/mol. The second-order valence-corrected chi connectivity index (χ2v) is 2.55. The second-order valence-electron chi connectivity index (χ2n) is 2.55. The molecule has 0 radical (unpaired) electrons. The normalized spacial score (nSPS) is 12.6. The van der Waals surface area contributed by atoms with Gasteiger partial charge in [0.05, 0.1) is 6.10 Å². The molecule has 11 heavy (non-hydrogen) atoms. The Bertz CT molecular complexity index is 220. The molecule has 0 aromatic heterocycles. The molecule has 1 atom stereocenters. The van der Waals surface area contributed by atoms with Gasteiger partial charge >= 0.3 is 0 Å². The van der Waals surface area contributed by atoms with Crippen LogP contribution in [0, 0.1) is 0 Å². The number of rotatable bonds is 2. The topological polar surface area (TPSA) is 32.3 Å². The van der Waals surface area contributed by atoms with Crippen LogP contribution in [0.5, 0.6) is 0 Å². The van der Waals surface area contributed by atoms with Crippen molar-refractivity contribution in [2.75, 3.05) is 12.4 Å². The first-order valence-corrected chi connectivity index (χ1v) is 3.70. The van der Waals surface area contributed by atoms with E-state index in [4.69, 9.17) is 5.11 Å². The van der Waals surface area contributed by atoms with E-state index in [1.807, 2.05) is 31.3 Å². The van der Waals surface area contributed by atoms with E-state index in [2.05, 4.69) is 5.32 Å². The van der Waals surface area contributed by atoms with E-state index in [0.29, 0.717) is 0 Å². The molecule has 0 fully saturated rings. The lowest BCUT2D eigenvalue weighted by atomic mass is 10.1. The molecule has 2 heteroatoms. The lowest BCUT2D eigenvalue weighted by molar-refractivity contribution is 0.199. The zero-order valence-electron chi connectivity index (χ0n) is 6.83. The Morgan fingerprint density at radius 3 is 2.27 bits per heavy atom. The minimum Gasteiger partial charge on any atom is -0.389 e. The third kappa shape index (κ3) is 1.95. The summed E-state index contributed by atoms with van der Waals surface area (Å²) in [4.78, 5) is 0. The summed E-state index contributed by atoms with van der Waals surface area (Å²) in [6, 6.07) is 7.72. The highest BCUT2D eigenvalue weighted by molar-refractivity contribution is 5.44. The summed E-state index contributed by atoms with van der Waals surface area (Å²) in [6.45, 7) is 1.76. The van der Waals surface area contributed by atoms with Gasteiger partial charge in [-0.05, 0) is 24.6 Å². The minimum absolute atomic E-state index is 0. The fourth-order valence-corrected chi connectivity index (χ4v) is 0.928. The van der Waals surface area contributed by atoms with Crippen molar-refractivity contribution < 1.29 is 6.53 Å². The molecular weight excluding hydrogens is 138 g/mol. The Labute approximate surface area is 68.4 Å². The van der Waals surface area contributed by atoms with E-state index in [1.165, 1.54) is 0 Å². The molecule has 0 bridgehead atoms. The van der Waals surface area contributed by atoms with Crippen molar-refractivity contribution in [1.29, 1.82) is 0 Å².